The molecule has 1 heterocycles. The zero-order valence-corrected chi connectivity index (χ0v) is 6.71. The lowest BCUT2D eigenvalue weighted by molar-refractivity contribution is -0.103. The maximum atomic E-state index is 8.95. The first-order valence-electron chi connectivity index (χ1n) is 3.80. The average Bonchev–Trinajstić information content (AvgIpc) is 1.96. The van der Waals surface area contributed by atoms with Crippen molar-refractivity contribution in [3.05, 3.63) is 0 Å². The second-order valence-electron chi connectivity index (χ2n) is 3.20. The predicted octanol–water partition coefficient (Wildman–Crippen LogP) is -1.28. The van der Waals surface area contributed by atoms with Gasteiger partial charge in [0.2, 0.25) is 0 Å². The first-order valence-corrected chi connectivity index (χ1v) is 3.80. The first-order chi connectivity index (χ1) is 5.16. The van der Waals surface area contributed by atoms with Crippen LogP contribution in [0.15, 0.2) is 0 Å². The third-order valence-electron chi connectivity index (χ3n) is 1.83. The number of hydrogen-bond acceptors (Lipinski definition) is 4. The zero-order valence-electron chi connectivity index (χ0n) is 6.71. The van der Waals surface area contributed by atoms with E-state index in [1.54, 1.807) is 0 Å². The van der Waals surface area contributed by atoms with Gasteiger partial charge >= 0.3 is 0 Å². The maximum Gasteiger partial charge on any atom is 0.100 e. The van der Waals surface area contributed by atoms with E-state index in [0.717, 1.165) is 13.1 Å². The molecule has 0 amide bonds. The summed E-state index contributed by atoms with van der Waals surface area (Å²) in [5, 5.41) is 20.5. The van der Waals surface area contributed by atoms with Crippen molar-refractivity contribution >= 4 is 0 Å². The van der Waals surface area contributed by atoms with Crippen molar-refractivity contribution in [2.45, 2.75) is 18.6 Å². The third-order valence-corrected chi connectivity index (χ3v) is 1.83. The fraction of sp³-hybridized carbons (Fsp3) is 1.00. The Hall–Kier alpha value is -0.160. The van der Waals surface area contributed by atoms with E-state index in [2.05, 4.69) is 5.32 Å². The van der Waals surface area contributed by atoms with E-state index in [4.69, 9.17) is 14.9 Å². The van der Waals surface area contributed by atoms with Gasteiger partial charge in [0.1, 0.15) is 6.10 Å². The molecule has 1 rings (SSSR count). The van der Waals surface area contributed by atoms with Crippen LogP contribution in [0.4, 0.5) is 0 Å². The maximum absolute atomic E-state index is 8.95. The van der Waals surface area contributed by atoms with Crippen LogP contribution >= 0.6 is 0 Å². The number of aliphatic hydroxyl groups excluding tert-OH is 2. The van der Waals surface area contributed by atoms with Crippen molar-refractivity contribution in [3.8, 4) is 0 Å². The molecule has 0 aromatic heterocycles. The van der Waals surface area contributed by atoms with Crippen LogP contribution in [0, 0.1) is 0 Å². The summed E-state index contributed by atoms with van der Waals surface area (Å²) in [5.41, 5.74) is -0.129. The van der Waals surface area contributed by atoms with Gasteiger partial charge in [0.15, 0.2) is 0 Å². The molecule has 0 spiro atoms. The largest absolute Gasteiger partial charge is 0.394 e. The van der Waals surface area contributed by atoms with Crippen LogP contribution in [0.3, 0.4) is 0 Å². The highest BCUT2D eigenvalue weighted by Crippen LogP contribution is 2.14. The van der Waals surface area contributed by atoms with Crippen LogP contribution in [0.2, 0.25) is 0 Å². The van der Waals surface area contributed by atoms with Crippen molar-refractivity contribution in [1.82, 2.24) is 5.32 Å². The van der Waals surface area contributed by atoms with E-state index in [1.807, 2.05) is 6.92 Å². The molecule has 0 saturated carbocycles. The van der Waals surface area contributed by atoms with Crippen LogP contribution in [-0.2, 0) is 4.74 Å². The van der Waals surface area contributed by atoms with Gasteiger partial charge in [-0.05, 0) is 6.92 Å². The van der Waals surface area contributed by atoms with Gasteiger partial charge in [-0.25, -0.2) is 0 Å². The highest BCUT2D eigenvalue weighted by molar-refractivity contribution is 4.90. The van der Waals surface area contributed by atoms with Gasteiger partial charge in [0.05, 0.1) is 18.8 Å². The quantitative estimate of drug-likeness (QED) is 0.480. The summed E-state index contributed by atoms with van der Waals surface area (Å²) in [7, 11) is 0. The summed E-state index contributed by atoms with van der Waals surface area (Å²) >= 11 is 0. The summed E-state index contributed by atoms with van der Waals surface area (Å²) in [4.78, 5) is 0. The second kappa shape index (κ2) is 3.49. The second-order valence-corrected chi connectivity index (χ2v) is 3.20. The van der Waals surface area contributed by atoms with Crippen LogP contribution in [-0.4, -0.2) is 48.2 Å². The SMILES string of the molecule is CC1(OCC(O)CO)CNC1. The minimum absolute atomic E-state index is 0.129. The minimum Gasteiger partial charge on any atom is -0.394 e. The molecule has 4 heteroatoms. The van der Waals surface area contributed by atoms with E-state index in [0.29, 0.717) is 0 Å². The molecule has 11 heavy (non-hydrogen) atoms. The Labute approximate surface area is 66.2 Å². The van der Waals surface area contributed by atoms with Gasteiger partial charge < -0.3 is 20.3 Å². The molecule has 0 bridgehead atoms. The summed E-state index contributed by atoms with van der Waals surface area (Å²) in [5.74, 6) is 0. The fourth-order valence-corrected chi connectivity index (χ4v) is 0.929. The molecule has 0 aromatic carbocycles. The lowest BCUT2D eigenvalue weighted by Gasteiger charge is -2.39. The van der Waals surface area contributed by atoms with Gasteiger partial charge in [0, 0.05) is 13.1 Å². The molecule has 1 atom stereocenters. The number of rotatable bonds is 4. The van der Waals surface area contributed by atoms with Crippen molar-refractivity contribution in [3.63, 3.8) is 0 Å². The van der Waals surface area contributed by atoms with Crippen molar-refractivity contribution in [2.75, 3.05) is 26.3 Å². The van der Waals surface area contributed by atoms with Gasteiger partial charge in [0.25, 0.3) is 0 Å². The molecule has 0 aromatic rings. The van der Waals surface area contributed by atoms with Crippen LogP contribution in [0.1, 0.15) is 6.92 Å². The molecule has 66 valence electrons. The molecule has 1 aliphatic heterocycles. The molecule has 1 fully saturated rings. The Bertz CT molecular complexity index is 125. The van der Waals surface area contributed by atoms with Crippen LogP contribution in [0.25, 0.3) is 0 Å². The lowest BCUT2D eigenvalue weighted by Crippen LogP contribution is -2.59. The zero-order chi connectivity index (χ0) is 8.32. The van der Waals surface area contributed by atoms with Gasteiger partial charge in [-0.1, -0.05) is 0 Å². The Morgan fingerprint density at radius 1 is 1.64 bits per heavy atom. The first kappa shape index (κ1) is 8.93. The summed E-state index contributed by atoms with van der Waals surface area (Å²) in [6.07, 6.45) is -0.743. The highest BCUT2D eigenvalue weighted by atomic mass is 16.5. The highest BCUT2D eigenvalue weighted by Gasteiger charge is 2.32. The van der Waals surface area contributed by atoms with E-state index >= 15 is 0 Å². The summed E-state index contributed by atoms with van der Waals surface area (Å²) in [6, 6.07) is 0. The molecular weight excluding hydrogens is 146 g/mol. The fourth-order valence-electron chi connectivity index (χ4n) is 0.929. The standard InChI is InChI=1S/C7H15NO3/c1-7(4-8-5-7)11-3-6(10)2-9/h6,8-10H,2-5H2,1H3. The van der Waals surface area contributed by atoms with E-state index < -0.39 is 6.10 Å². The monoisotopic (exact) mass is 161 g/mol. The average molecular weight is 161 g/mol. The normalized spacial score (nSPS) is 24.3. The van der Waals surface area contributed by atoms with E-state index in [-0.39, 0.29) is 18.8 Å². The topological polar surface area (TPSA) is 61.7 Å². The molecule has 1 saturated heterocycles. The molecule has 3 N–H and O–H groups in total. The Balaban J connectivity index is 2.11. The number of nitrogens with one attached hydrogen (secondary N) is 1. The minimum atomic E-state index is -0.743. The number of hydrogen-bond donors (Lipinski definition) is 3. The molecule has 0 radical (unpaired) electrons. The molecule has 4 nitrogen and oxygen atoms in total. The van der Waals surface area contributed by atoms with Gasteiger partial charge in [-0.15, -0.1) is 0 Å². The Kier molecular flexibility index (Phi) is 2.84. The number of aliphatic hydroxyl groups is 2. The third kappa shape index (κ3) is 2.41. The van der Waals surface area contributed by atoms with Crippen LogP contribution < -0.4 is 5.32 Å². The Morgan fingerprint density at radius 3 is 2.64 bits per heavy atom. The summed E-state index contributed by atoms with van der Waals surface area (Å²) < 4.78 is 5.35. The Morgan fingerprint density at radius 2 is 2.27 bits per heavy atom. The van der Waals surface area contributed by atoms with Gasteiger partial charge in [-0.3, -0.25) is 0 Å². The van der Waals surface area contributed by atoms with Crippen molar-refractivity contribution < 1.29 is 14.9 Å². The molecule has 1 aliphatic rings. The van der Waals surface area contributed by atoms with Gasteiger partial charge in [-0.2, -0.15) is 0 Å². The summed E-state index contributed by atoms with van der Waals surface area (Å²) in [6.45, 7) is 3.61. The lowest BCUT2D eigenvalue weighted by atomic mass is 10.0. The van der Waals surface area contributed by atoms with Crippen LogP contribution in [0.5, 0.6) is 0 Å². The van der Waals surface area contributed by atoms with E-state index in [9.17, 15) is 0 Å². The van der Waals surface area contributed by atoms with Crippen molar-refractivity contribution in [1.29, 1.82) is 0 Å². The molecule has 1 unspecified atom stereocenters. The smallest absolute Gasteiger partial charge is 0.100 e. The predicted molar refractivity (Wildman–Crippen MR) is 40.3 cm³/mol. The van der Waals surface area contributed by atoms with Crippen molar-refractivity contribution in [2.24, 2.45) is 0 Å². The molecular formula is C7H15NO3. The number of ether oxygens (including phenoxy) is 1. The van der Waals surface area contributed by atoms with E-state index in [1.165, 1.54) is 0 Å². The molecule has 0 aliphatic carbocycles.